The maximum absolute atomic E-state index is 12.0. The number of allylic oxidation sites excluding steroid dienone is 1. The molecule has 1 aromatic carbocycles. The lowest BCUT2D eigenvalue weighted by molar-refractivity contribution is -0.144. The van der Waals surface area contributed by atoms with Crippen LogP contribution in [0.3, 0.4) is 0 Å². The van der Waals surface area contributed by atoms with Crippen molar-refractivity contribution in [3.63, 3.8) is 0 Å². The number of aromatic nitrogens is 3. The molecule has 1 heterocycles. The second-order valence-corrected chi connectivity index (χ2v) is 6.00. The Hall–Kier alpha value is -2.41. The van der Waals surface area contributed by atoms with Crippen molar-refractivity contribution in [3.8, 4) is 11.4 Å². The molecule has 0 aliphatic carbocycles. The molecule has 2 rings (SSSR count). The Balaban J connectivity index is 2.36. The summed E-state index contributed by atoms with van der Waals surface area (Å²) in [5, 5.41) is 7.86. The highest BCUT2D eigenvalue weighted by Gasteiger charge is 2.29. The number of thioether (sulfide) groups is 1. The van der Waals surface area contributed by atoms with Crippen molar-refractivity contribution in [3.05, 3.63) is 43.0 Å². The second kappa shape index (κ2) is 8.44. The lowest BCUT2D eigenvalue weighted by Gasteiger charge is -2.13. The number of hydrogen-bond donors (Lipinski definition) is 0. The molecule has 7 heteroatoms. The minimum atomic E-state index is -0.957. The Morgan fingerprint density at radius 2 is 2.04 bits per heavy atom. The normalized spacial score (nSPS) is 11.8. The first-order chi connectivity index (χ1) is 11.6. The summed E-state index contributed by atoms with van der Waals surface area (Å²) >= 11 is 1.04. The van der Waals surface area contributed by atoms with Gasteiger partial charge in [-0.15, -0.1) is 16.8 Å². The number of esters is 1. The third-order valence-electron chi connectivity index (χ3n) is 3.15. The number of carbonyl (C=O) groups is 2. The molecule has 6 nitrogen and oxygen atoms in total. The van der Waals surface area contributed by atoms with Crippen LogP contribution in [0.25, 0.3) is 11.4 Å². The predicted molar refractivity (Wildman–Crippen MR) is 92.6 cm³/mol. The van der Waals surface area contributed by atoms with Gasteiger partial charge in [-0.05, 0) is 13.8 Å². The van der Waals surface area contributed by atoms with E-state index in [2.05, 4.69) is 16.8 Å². The SMILES string of the molecule is C=CCn1c(SC(C(C)=O)C(=O)OCC)nnc1-c1ccccc1. The van der Waals surface area contributed by atoms with Gasteiger partial charge in [0.05, 0.1) is 6.61 Å². The molecule has 24 heavy (non-hydrogen) atoms. The Labute approximate surface area is 144 Å². The van der Waals surface area contributed by atoms with Crippen LogP contribution < -0.4 is 0 Å². The fraction of sp³-hybridized carbons (Fsp3) is 0.294. The molecular formula is C17H19N3O3S. The number of nitrogens with zero attached hydrogens (tertiary/aromatic N) is 3. The highest BCUT2D eigenvalue weighted by molar-refractivity contribution is 8.01. The highest BCUT2D eigenvalue weighted by Crippen LogP contribution is 2.28. The van der Waals surface area contributed by atoms with Crippen LogP contribution >= 0.6 is 11.8 Å². The molecule has 0 saturated heterocycles. The topological polar surface area (TPSA) is 74.1 Å². The Kier molecular flexibility index (Phi) is 6.31. The van der Waals surface area contributed by atoms with Crippen LogP contribution in [-0.2, 0) is 20.9 Å². The van der Waals surface area contributed by atoms with Gasteiger partial charge in [-0.1, -0.05) is 48.2 Å². The molecule has 0 spiro atoms. The van der Waals surface area contributed by atoms with E-state index in [0.29, 0.717) is 17.5 Å². The van der Waals surface area contributed by atoms with Crippen LogP contribution in [0.2, 0.25) is 0 Å². The summed E-state index contributed by atoms with van der Waals surface area (Å²) in [5.41, 5.74) is 0.897. The maximum atomic E-state index is 12.0. The molecule has 0 amide bonds. The minimum absolute atomic E-state index is 0.220. The van der Waals surface area contributed by atoms with E-state index in [1.54, 1.807) is 13.0 Å². The Bertz CT molecular complexity index is 728. The van der Waals surface area contributed by atoms with Gasteiger partial charge in [-0.25, -0.2) is 0 Å². The summed E-state index contributed by atoms with van der Waals surface area (Å²) < 4.78 is 6.79. The molecular weight excluding hydrogens is 326 g/mol. The van der Waals surface area contributed by atoms with Crippen molar-refractivity contribution in [2.24, 2.45) is 0 Å². The standard InChI is InChI=1S/C17H19N3O3S/c1-4-11-20-15(13-9-7-6-8-10-13)18-19-17(20)24-14(12(3)21)16(22)23-5-2/h4,6-10,14H,1,5,11H2,2-3H3. The van der Waals surface area contributed by atoms with Crippen LogP contribution in [0, 0.1) is 0 Å². The minimum Gasteiger partial charge on any atom is -0.465 e. The largest absolute Gasteiger partial charge is 0.465 e. The van der Waals surface area contributed by atoms with E-state index in [4.69, 9.17) is 4.74 Å². The quantitative estimate of drug-likeness (QED) is 0.317. The molecule has 1 aromatic heterocycles. The van der Waals surface area contributed by atoms with Gasteiger partial charge >= 0.3 is 5.97 Å². The summed E-state index contributed by atoms with van der Waals surface area (Å²) in [4.78, 5) is 23.8. The summed E-state index contributed by atoms with van der Waals surface area (Å²) in [5.74, 6) is -0.193. The van der Waals surface area contributed by atoms with Crippen LogP contribution in [0.4, 0.5) is 0 Å². The molecule has 0 saturated carbocycles. The molecule has 1 atom stereocenters. The van der Waals surface area contributed by atoms with Crippen molar-refractivity contribution in [1.82, 2.24) is 14.8 Å². The van der Waals surface area contributed by atoms with Crippen molar-refractivity contribution in [2.45, 2.75) is 30.8 Å². The molecule has 126 valence electrons. The fourth-order valence-corrected chi connectivity index (χ4v) is 3.01. The third-order valence-corrected chi connectivity index (χ3v) is 4.43. The molecule has 0 N–H and O–H groups in total. The van der Waals surface area contributed by atoms with Gasteiger partial charge in [0.1, 0.15) is 0 Å². The first kappa shape index (κ1) is 17.9. The zero-order chi connectivity index (χ0) is 17.5. The first-order valence-corrected chi connectivity index (χ1v) is 8.39. The molecule has 2 aromatic rings. The number of benzene rings is 1. The van der Waals surface area contributed by atoms with Gasteiger partial charge in [0.2, 0.25) is 0 Å². The van der Waals surface area contributed by atoms with Crippen LogP contribution in [0.15, 0.2) is 48.1 Å². The van der Waals surface area contributed by atoms with E-state index in [1.165, 1.54) is 6.92 Å². The Morgan fingerprint density at radius 1 is 1.33 bits per heavy atom. The average molecular weight is 345 g/mol. The summed E-state index contributed by atoms with van der Waals surface area (Å²) in [6, 6.07) is 9.58. The average Bonchev–Trinajstić information content (AvgIpc) is 2.96. The fourth-order valence-electron chi connectivity index (χ4n) is 2.09. The van der Waals surface area contributed by atoms with E-state index < -0.39 is 11.2 Å². The zero-order valence-electron chi connectivity index (χ0n) is 13.6. The zero-order valence-corrected chi connectivity index (χ0v) is 14.5. The van der Waals surface area contributed by atoms with Crippen molar-refractivity contribution >= 4 is 23.5 Å². The molecule has 0 radical (unpaired) electrons. The molecule has 1 unspecified atom stereocenters. The summed E-state index contributed by atoms with van der Waals surface area (Å²) in [6.45, 7) is 7.50. The van der Waals surface area contributed by atoms with Crippen LogP contribution in [0.5, 0.6) is 0 Å². The molecule has 0 bridgehead atoms. The van der Waals surface area contributed by atoms with E-state index in [-0.39, 0.29) is 12.4 Å². The number of carbonyl (C=O) groups excluding carboxylic acids is 2. The molecule has 0 fully saturated rings. The Morgan fingerprint density at radius 3 is 2.62 bits per heavy atom. The predicted octanol–water partition coefficient (Wildman–Crippen LogP) is 2.74. The number of ketones is 1. The lowest BCUT2D eigenvalue weighted by atomic mass is 10.2. The van der Waals surface area contributed by atoms with E-state index in [0.717, 1.165) is 17.3 Å². The maximum Gasteiger partial charge on any atom is 0.327 e. The second-order valence-electron chi connectivity index (χ2n) is 4.93. The van der Waals surface area contributed by atoms with Gasteiger partial charge < -0.3 is 4.74 Å². The van der Waals surface area contributed by atoms with Gasteiger partial charge in [0, 0.05) is 12.1 Å². The van der Waals surface area contributed by atoms with Gasteiger partial charge in [0.15, 0.2) is 22.0 Å². The summed E-state index contributed by atoms with van der Waals surface area (Å²) in [6.07, 6.45) is 1.72. The monoisotopic (exact) mass is 345 g/mol. The third kappa shape index (κ3) is 4.11. The van der Waals surface area contributed by atoms with E-state index in [1.807, 2.05) is 34.9 Å². The first-order valence-electron chi connectivity index (χ1n) is 7.51. The van der Waals surface area contributed by atoms with Crippen molar-refractivity contribution in [1.29, 1.82) is 0 Å². The van der Waals surface area contributed by atoms with Gasteiger partial charge in [-0.3, -0.25) is 14.2 Å². The highest BCUT2D eigenvalue weighted by atomic mass is 32.2. The molecule has 0 aliphatic rings. The number of rotatable bonds is 8. The number of Topliss-reactive ketones (excluding diaryl/α,β-unsaturated/α-hetero) is 1. The van der Waals surface area contributed by atoms with E-state index >= 15 is 0 Å². The van der Waals surface area contributed by atoms with Crippen molar-refractivity contribution < 1.29 is 14.3 Å². The number of hydrogen-bond acceptors (Lipinski definition) is 6. The summed E-state index contributed by atoms with van der Waals surface area (Å²) in [7, 11) is 0. The molecule has 0 aliphatic heterocycles. The van der Waals surface area contributed by atoms with Crippen LogP contribution in [0.1, 0.15) is 13.8 Å². The lowest BCUT2D eigenvalue weighted by Crippen LogP contribution is -2.27. The van der Waals surface area contributed by atoms with Gasteiger partial charge in [-0.2, -0.15) is 0 Å². The van der Waals surface area contributed by atoms with Gasteiger partial charge in [0.25, 0.3) is 0 Å². The smallest absolute Gasteiger partial charge is 0.327 e. The van der Waals surface area contributed by atoms with Crippen molar-refractivity contribution in [2.75, 3.05) is 6.61 Å². The number of ether oxygens (including phenoxy) is 1. The van der Waals surface area contributed by atoms with Crippen LogP contribution in [-0.4, -0.2) is 38.4 Å². The van der Waals surface area contributed by atoms with E-state index in [9.17, 15) is 9.59 Å².